The van der Waals surface area contributed by atoms with Gasteiger partial charge in [0.05, 0.1) is 28.1 Å². The molecule has 1 aromatic heterocycles. The highest BCUT2D eigenvalue weighted by atomic mass is 79.9. The number of allylic oxidation sites excluding steroid dienone is 2. The first-order chi connectivity index (χ1) is 11.6. The fraction of sp³-hybridized carbons (Fsp3) is 0.176. The van der Waals surface area contributed by atoms with Crippen molar-refractivity contribution in [1.29, 1.82) is 0 Å². The molecule has 120 valence electrons. The zero-order valence-corrected chi connectivity index (χ0v) is 15.4. The molecular weight excluding hydrogens is 388 g/mol. The molecule has 4 rings (SSSR count). The Morgan fingerprint density at radius 1 is 1.29 bits per heavy atom. The van der Waals surface area contributed by atoms with E-state index in [9.17, 15) is 4.79 Å². The third-order valence-electron chi connectivity index (χ3n) is 3.99. The smallest absolute Gasteiger partial charge is 0.272 e. The van der Waals surface area contributed by atoms with Crippen molar-refractivity contribution < 1.29 is 0 Å². The van der Waals surface area contributed by atoms with E-state index in [1.807, 2.05) is 37.3 Å². The van der Waals surface area contributed by atoms with Crippen molar-refractivity contribution >= 4 is 38.4 Å². The molecule has 2 aliphatic heterocycles. The van der Waals surface area contributed by atoms with Crippen molar-refractivity contribution in [1.82, 2.24) is 9.55 Å². The quantitative estimate of drug-likeness (QED) is 0.734. The molecule has 7 heteroatoms. The Morgan fingerprint density at radius 2 is 2.04 bits per heavy atom. The van der Waals surface area contributed by atoms with Crippen molar-refractivity contribution in [2.45, 2.75) is 17.7 Å². The van der Waals surface area contributed by atoms with Crippen LogP contribution in [0.4, 0.5) is 0 Å². The maximum absolute atomic E-state index is 12.9. The second kappa shape index (κ2) is 5.82. The molecule has 1 atom stereocenters. The van der Waals surface area contributed by atoms with Gasteiger partial charge in [-0.3, -0.25) is 14.4 Å². The van der Waals surface area contributed by atoms with Gasteiger partial charge in [0.2, 0.25) is 0 Å². The second-order valence-electron chi connectivity index (χ2n) is 5.53. The van der Waals surface area contributed by atoms with Crippen LogP contribution in [0.3, 0.4) is 0 Å². The van der Waals surface area contributed by atoms with Crippen molar-refractivity contribution in [2.75, 3.05) is 7.05 Å². The van der Waals surface area contributed by atoms with Gasteiger partial charge in [0.15, 0.2) is 0 Å². The number of thioether (sulfide) groups is 1. The van der Waals surface area contributed by atoms with Crippen molar-refractivity contribution in [3.63, 3.8) is 0 Å². The normalized spacial score (nSPS) is 20.5. The van der Waals surface area contributed by atoms with Crippen LogP contribution in [0.15, 0.2) is 66.5 Å². The van der Waals surface area contributed by atoms with Gasteiger partial charge in [0.1, 0.15) is 11.2 Å². The number of nitrogens with zero attached hydrogens (tertiary/aromatic N) is 4. The third-order valence-corrected chi connectivity index (χ3v) is 5.64. The first kappa shape index (κ1) is 15.5. The number of hydrogen-bond donors (Lipinski definition) is 0. The molecule has 24 heavy (non-hydrogen) atoms. The molecule has 2 aliphatic rings. The fourth-order valence-electron chi connectivity index (χ4n) is 2.87. The molecule has 0 radical (unpaired) electrons. The first-order valence-electron chi connectivity index (χ1n) is 7.37. The van der Waals surface area contributed by atoms with Gasteiger partial charge < -0.3 is 0 Å². The van der Waals surface area contributed by atoms with Gasteiger partial charge in [-0.2, -0.15) is 0 Å². The molecule has 5 nitrogen and oxygen atoms in total. The van der Waals surface area contributed by atoms with Crippen molar-refractivity contribution in [3.05, 3.63) is 62.9 Å². The Balaban J connectivity index is 1.86. The largest absolute Gasteiger partial charge is 0.292 e. The van der Waals surface area contributed by atoms with E-state index < -0.39 is 0 Å². The first-order valence-corrected chi connectivity index (χ1v) is 8.98. The van der Waals surface area contributed by atoms with Crippen LogP contribution in [-0.4, -0.2) is 27.4 Å². The average Bonchev–Trinajstić information content (AvgIpc) is 2.95. The Kier molecular flexibility index (Phi) is 3.77. The highest BCUT2D eigenvalue weighted by molar-refractivity contribution is 9.10. The lowest BCUT2D eigenvalue weighted by Crippen LogP contribution is -2.23. The summed E-state index contributed by atoms with van der Waals surface area (Å²) >= 11 is 4.81. The Hall–Kier alpha value is -1.99. The highest BCUT2D eigenvalue weighted by Crippen LogP contribution is 2.42. The number of hydrogen-bond acceptors (Lipinski definition) is 5. The van der Waals surface area contributed by atoms with E-state index in [2.05, 4.69) is 30.9 Å². The molecule has 0 spiro atoms. The van der Waals surface area contributed by atoms with Gasteiger partial charge in [-0.05, 0) is 37.3 Å². The Morgan fingerprint density at radius 3 is 2.75 bits per heavy atom. The van der Waals surface area contributed by atoms with Gasteiger partial charge in [-0.25, -0.2) is 9.98 Å². The molecule has 0 saturated heterocycles. The molecule has 1 aromatic carbocycles. The van der Waals surface area contributed by atoms with Gasteiger partial charge in [-0.1, -0.05) is 27.7 Å². The second-order valence-corrected chi connectivity index (χ2v) is 7.48. The van der Waals surface area contributed by atoms with Gasteiger partial charge in [0.25, 0.3) is 5.56 Å². The van der Waals surface area contributed by atoms with Crippen LogP contribution in [0.5, 0.6) is 0 Å². The number of benzene rings is 1. The van der Waals surface area contributed by atoms with Crippen LogP contribution in [0.1, 0.15) is 18.5 Å². The zero-order chi connectivity index (χ0) is 16.8. The Bertz CT molecular complexity index is 989. The summed E-state index contributed by atoms with van der Waals surface area (Å²) in [5.41, 5.74) is 3.26. The molecule has 1 unspecified atom stereocenters. The van der Waals surface area contributed by atoms with E-state index in [-0.39, 0.29) is 11.5 Å². The zero-order valence-electron chi connectivity index (χ0n) is 13.0. The SMILES string of the molecule is C/N=C1\C=C(C)N=C2Sc3c(ncn(-c4ccc(Br)cc4)c3=O)C21. The predicted octanol–water partition coefficient (Wildman–Crippen LogP) is 3.57. The molecular formula is C17H13BrN4OS. The number of rotatable bonds is 1. The van der Waals surface area contributed by atoms with Crippen molar-refractivity contribution in [2.24, 2.45) is 9.98 Å². The average molecular weight is 401 g/mol. The fourth-order valence-corrected chi connectivity index (χ4v) is 4.34. The maximum Gasteiger partial charge on any atom is 0.272 e. The summed E-state index contributed by atoms with van der Waals surface area (Å²) in [4.78, 5) is 27.1. The van der Waals surface area contributed by atoms with Crippen LogP contribution in [0.25, 0.3) is 5.69 Å². The standard InChI is InChI=1S/C17H13BrN4OS/c1-9-7-12(19-2)13-14-15(24-16(13)21-9)17(23)22(8-20-14)11-5-3-10(18)4-6-11/h3-8,13H,1-2H3/b19-12+. The molecule has 0 fully saturated rings. The summed E-state index contributed by atoms with van der Waals surface area (Å²) in [5, 5.41) is 0.878. The topological polar surface area (TPSA) is 59.6 Å². The van der Waals surface area contributed by atoms with E-state index in [1.165, 1.54) is 11.8 Å². The third kappa shape index (κ3) is 2.39. The summed E-state index contributed by atoms with van der Waals surface area (Å²) in [6.45, 7) is 1.94. The van der Waals surface area contributed by atoms with E-state index in [0.29, 0.717) is 4.90 Å². The number of halogens is 1. The van der Waals surface area contributed by atoms with E-state index in [1.54, 1.807) is 17.9 Å². The lowest BCUT2D eigenvalue weighted by Gasteiger charge is -2.16. The minimum Gasteiger partial charge on any atom is -0.292 e. The number of fused-ring (bicyclic) bond motifs is 3. The Labute approximate surface area is 151 Å². The summed E-state index contributed by atoms with van der Waals surface area (Å²) in [6, 6.07) is 7.57. The van der Waals surface area contributed by atoms with Crippen LogP contribution in [-0.2, 0) is 0 Å². The molecule has 0 N–H and O–H groups in total. The number of aromatic nitrogens is 2. The monoisotopic (exact) mass is 400 g/mol. The summed E-state index contributed by atoms with van der Waals surface area (Å²) in [5.74, 6) is -0.119. The van der Waals surface area contributed by atoms with Crippen LogP contribution in [0.2, 0.25) is 0 Å². The van der Waals surface area contributed by atoms with E-state index in [4.69, 9.17) is 0 Å². The molecule has 2 aromatic rings. The molecule has 0 bridgehead atoms. The maximum atomic E-state index is 12.9. The van der Waals surface area contributed by atoms with Gasteiger partial charge in [-0.15, -0.1) is 0 Å². The summed E-state index contributed by atoms with van der Waals surface area (Å²) in [6.07, 6.45) is 3.54. The van der Waals surface area contributed by atoms with Crippen molar-refractivity contribution in [3.8, 4) is 5.69 Å². The van der Waals surface area contributed by atoms with Gasteiger partial charge in [0, 0.05) is 17.2 Å². The molecule has 3 heterocycles. The highest BCUT2D eigenvalue weighted by Gasteiger charge is 2.38. The lowest BCUT2D eigenvalue weighted by atomic mass is 9.97. The van der Waals surface area contributed by atoms with E-state index >= 15 is 0 Å². The molecule has 0 aliphatic carbocycles. The van der Waals surface area contributed by atoms with Crippen LogP contribution < -0.4 is 5.56 Å². The van der Waals surface area contributed by atoms with E-state index in [0.717, 1.165) is 32.3 Å². The minimum atomic E-state index is -0.119. The van der Waals surface area contributed by atoms with Gasteiger partial charge >= 0.3 is 0 Å². The molecule has 0 amide bonds. The predicted molar refractivity (Wildman–Crippen MR) is 101 cm³/mol. The summed E-state index contributed by atoms with van der Waals surface area (Å²) < 4.78 is 2.53. The lowest BCUT2D eigenvalue weighted by molar-refractivity contribution is 0.850. The van der Waals surface area contributed by atoms with Crippen LogP contribution >= 0.6 is 27.7 Å². The van der Waals surface area contributed by atoms with Crippen LogP contribution in [0, 0.1) is 0 Å². The molecule has 0 saturated carbocycles. The minimum absolute atomic E-state index is 0.0717. The summed E-state index contributed by atoms with van der Waals surface area (Å²) in [7, 11) is 1.76. The number of aliphatic imine (C=N–C) groups is 2.